The van der Waals surface area contributed by atoms with Crippen LogP contribution in [0.2, 0.25) is 5.02 Å². The third-order valence-corrected chi connectivity index (χ3v) is 4.59. The molecule has 1 saturated heterocycles. The molecule has 0 saturated carbocycles. The van der Waals surface area contributed by atoms with Crippen molar-refractivity contribution in [2.75, 3.05) is 26.2 Å². The largest absolute Gasteiger partial charge is 0.352 e. The Kier molecular flexibility index (Phi) is 7.63. The molecule has 1 fully saturated rings. The second kappa shape index (κ2) is 8.73. The molecule has 22 heavy (non-hydrogen) atoms. The predicted octanol–water partition coefficient (Wildman–Crippen LogP) is 2.44. The number of halogens is 2. The van der Waals surface area contributed by atoms with Gasteiger partial charge in [0.05, 0.1) is 0 Å². The van der Waals surface area contributed by atoms with Crippen LogP contribution < -0.4 is 11.1 Å². The first-order valence-electron chi connectivity index (χ1n) is 7.45. The Bertz CT molecular complexity index is 498. The summed E-state index contributed by atoms with van der Waals surface area (Å²) in [5.74, 6) is 0.0660. The van der Waals surface area contributed by atoms with Gasteiger partial charge < -0.3 is 16.0 Å². The minimum atomic E-state index is 0. The monoisotopic (exact) mass is 345 g/mol. The van der Waals surface area contributed by atoms with Gasteiger partial charge in [-0.2, -0.15) is 0 Å². The molecule has 1 amide bonds. The van der Waals surface area contributed by atoms with Crippen molar-refractivity contribution in [3.63, 3.8) is 0 Å². The van der Waals surface area contributed by atoms with E-state index in [-0.39, 0.29) is 23.7 Å². The number of nitrogens with zero attached hydrogens (tertiary/aromatic N) is 1. The van der Waals surface area contributed by atoms with Crippen LogP contribution in [0.5, 0.6) is 0 Å². The first-order valence-corrected chi connectivity index (χ1v) is 7.83. The lowest BCUT2D eigenvalue weighted by Crippen LogP contribution is -2.33. The van der Waals surface area contributed by atoms with Crippen LogP contribution in [0.15, 0.2) is 24.3 Å². The van der Waals surface area contributed by atoms with Crippen LogP contribution in [-0.2, 0) is 11.3 Å². The Hall–Kier alpha value is -0.810. The molecular weight excluding hydrogens is 321 g/mol. The highest BCUT2D eigenvalue weighted by atomic mass is 35.5. The van der Waals surface area contributed by atoms with Crippen molar-refractivity contribution in [2.24, 2.45) is 11.1 Å². The van der Waals surface area contributed by atoms with Crippen LogP contribution in [0, 0.1) is 5.41 Å². The highest BCUT2D eigenvalue weighted by Gasteiger charge is 2.32. The predicted molar refractivity (Wildman–Crippen MR) is 93.4 cm³/mol. The van der Waals surface area contributed by atoms with Gasteiger partial charge in [0, 0.05) is 31.1 Å². The van der Waals surface area contributed by atoms with Gasteiger partial charge >= 0.3 is 0 Å². The number of rotatable bonds is 6. The molecule has 1 aromatic carbocycles. The van der Waals surface area contributed by atoms with Crippen molar-refractivity contribution in [3.05, 3.63) is 34.9 Å². The molecule has 6 heteroatoms. The average molecular weight is 346 g/mol. The number of carbonyl (C=O) groups is 1. The number of nitrogens with one attached hydrogen (secondary N) is 1. The Morgan fingerprint density at radius 3 is 2.82 bits per heavy atom. The maximum atomic E-state index is 11.9. The van der Waals surface area contributed by atoms with Crippen molar-refractivity contribution >= 4 is 29.9 Å². The van der Waals surface area contributed by atoms with E-state index in [1.807, 2.05) is 24.3 Å². The van der Waals surface area contributed by atoms with Gasteiger partial charge in [-0.3, -0.25) is 4.79 Å². The molecule has 1 atom stereocenters. The lowest BCUT2D eigenvalue weighted by Gasteiger charge is -2.22. The van der Waals surface area contributed by atoms with Gasteiger partial charge in [0.15, 0.2) is 0 Å². The van der Waals surface area contributed by atoms with E-state index >= 15 is 0 Å². The standard InChI is InChI=1S/C16H24ClN3O.ClH/c1-16(11-18)7-9-20(12-16)8-6-15(21)19-10-13-4-2-3-5-14(13)17;/h2-5H,6-12,18H2,1H3,(H,19,21);1H. The molecule has 0 aromatic heterocycles. The molecular formula is C16H25Cl2N3O. The third kappa shape index (κ3) is 5.43. The molecule has 124 valence electrons. The van der Waals surface area contributed by atoms with E-state index < -0.39 is 0 Å². The fourth-order valence-electron chi connectivity index (χ4n) is 2.67. The summed E-state index contributed by atoms with van der Waals surface area (Å²) in [5, 5.41) is 3.61. The van der Waals surface area contributed by atoms with Crippen molar-refractivity contribution in [3.8, 4) is 0 Å². The van der Waals surface area contributed by atoms with E-state index in [1.165, 1.54) is 0 Å². The minimum Gasteiger partial charge on any atom is -0.352 e. The number of nitrogens with two attached hydrogens (primary N) is 1. The maximum Gasteiger partial charge on any atom is 0.221 e. The van der Waals surface area contributed by atoms with E-state index in [0.717, 1.165) is 31.6 Å². The topological polar surface area (TPSA) is 58.4 Å². The smallest absolute Gasteiger partial charge is 0.221 e. The summed E-state index contributed by atoms with van der Waals surface area (Å²) in [4.78, 5) is 14.2. The van der Waals surface area contributed by atoms with Gasteiger partial charge in [0.1, 0.15) is 0 Å². The number of amides is 1. The van der Waals surface area contributed by atoms with Crippen LogP contribution in [0.3, 0.4) is 0 Å². The van der Waals surface area contributed by atoms with Crippen molar-refractivity contribution < 1.29 is 4.79 Å². The van der Waals surface area contributed by atoms with Gasteiger partial charge in [-0.1, -0.05) is 36.7 Å². The van der Waals surface area contributed by atoms with E-state index in [2.05, 4.69) is 17.1 Å². The average Bonchev–Trinajstić information content (AvgIpc) is 2.87. The molecule has 1 heterocycles. The second-order valence-electron chi connectivity index (χ2n) is 6.16. The SMILES string of the molecule is CC1(CN)CCN(CCC(=O)NCc2ccccc2Cl)C1.Cl. The summed E-state index contributed by atoms with van der Waals surface area (Å²) in [6, 6.07) is 7.57. The zero-order chi connectivity index (χ0) is 15.3. The quantitative estimate of drug-likeness (QED) is 0.832. The van der Waals surface area contributed by atoms with Crippen LogP contribution in [-0.4, -0.2) is 37.0 Å². The van der Waals surface area contributed by atoms with Crippen LogP contribution in [0.25, 0.3) is 0 Å². The molecule has 2 rings (SSSR count). The maximum absolute atomic E-state index is 11.9. The number of likely N-dealkylation sites (tertiary alicyclic amines) is 1. The lowest BCUT2D eigenvalue weighted by atomic mass is 9.90. The van der Waals surface area contributed by atoms with Gasteiger partial charge in [-0.05, 0) is 36.6 Å². The molecule has 0 bridgehead atoms. The van der Waals surface area contributed by atoms with E-state index in [0.29, 0.717) is 24.5 Å². The van der Waals surface area contributed by atoms with Crippen molar-refractivity contribution in [1.82, 2.24) is 10.2 Å². The summed E-state index contributed by atoms with van der Waals surface area (Å²) in [6.07, 6.45) is 1.63. The third-order valence-electron chi connectivity index (χ3n) is 4.22. The van der Waals surface area contributed by atoms with E-state index in [9.17, 15) is 4.79 Å². The van der Waals surface area contributed by atoms with E-state index in [1.54, 1.807) is 0 Å². The summed E-state index contributed by atoms with van der Waals surface area (Å²) >= 11 is 6.06. The highest BCUT2D eigenvalue weighted by Crippen LogP contribution is 2.28. The zero-order valence-electron chi connectivity index (χ0n) is 13.0. The molecule has 1 aliphatic rings. The highest BCUT2D eigenvalue weighted by molar-refractivity contribution is 6.31. The van der Waals surface area contributed by atoms with Gasteiger partial charge in [-0.25, -0.2) is 0 Å². The van der Waals surface area contributed by atoms with Crippen molar-refractivity contribution in [1.29, 1.82) is 0 Å². The number of hydrogen-bond acceptors (Lipinski definition) is 3. The molecule has 1 unspecified atom stereocenters. The van der Waals surface area contributed by atoms with Crippen LogP contribution in [0.4, 0.5) is 0 Å². The normalized spacial score (nSPS) is 21.4. The Balaban J connectivity index is 0.00000242. The lowest BCUT2D eigenvalue weighted by molar-refractivity contribution is -0.121. The summed E-state index contributed by atoms with van der Waals surface area (Å²) < 4.78 is 0. The summed E-state index contributed by atoms with van der Waals surface area (Å²) in [6.45, 7) is 6.22. The summed E-state index contributed by atoms with van der Waals surface area (Å²) in [5.41, 5.74) is 6.96. The van der Waals surface area contributed by atoms with Gasteiger partial charge in [-0.15, -0.1) is 12.4 Å². The molecule has 1 aliphatic heterocycles. The fourth-order valence-corrected chi connectivity index (χ4v) is 2.87. The molecule has 0 spiro atoms. The summed E-state index contributed by atoms with van der Waals surface area (Å²) in [7, 11) is 0. The Morgan fingerprint density at radius 2 is 2.18 bits per heavy atom. The first-order chi connectivity index (χ1) is 10.0. The van der Waals surface area contributed by atoms with Crippen molar-refractivity contribution in [2.45, 2.75) is 26.3 Å². The molecule has 4 nitrogen and oxygen atoms in total. The molecule has 0 aliphatic carbocycles. The number of benzene rings is 1. The van der Waals surface area contributed by atoms with Gasteiger partial charge in [0.25, 0.3) is 0 Å². The Morgan fingerprint density at radius 1 is 1.45 bits per heavy atom. The van der Waals surface area contributed by atoms with E-state index in [4.69, 9.17) is 17.3 Å². The van der Waals surface area contributed by atoms with Crippen LogP contribution >= 0.6 is 24.0 Å². The first kappa shape index (κ1) is 19.2. The van der Waals surface area contributed by atoms with Gasteiger partial charge in [0.2, 0.25) is 5.91 Å². The van der Waals surface area contributed by atoms with Crippen LogP contribution in [0.1, 0.15) is 25.3 Å². The number of carbonyl (C=O) groups excluding carboxylic acids is 1. The molecule has 1 aromatic rings. The minimum absolute atomic E-state index is 0. The second-order valence-corrected chi connectivity index (χ2v) is 6.57. The zero-order valence-corrected chi connectivity index (χ0v) is 14.6. The Labute approximate surface area is 143 Å². The fraction of sp³-hybridized carbons (Fsp3) is 0.562. The number of hydrogen-bond donors (Lipinski definition) is 2. The molecule has 0 radical (unpaired) electrons. The molecule has 3 N–H and O–H groups in total.